The van der Waals surface area contributed by atoms with Crippen LogP contribution in [-0.2, 0) is 6.42 Å². The molecule has 1 N–H and O–H groups in total. The van der Waals surface area contributed by atoms with E-state index in [0.717, 1.165) is 37.1 Å². The summed E-state index contributed by atoms with van der Waals surface area (Å²) in [6.07, 6.45) is 6.57. The number of aromatic nitrogens is 1. The Labute approximate surface area is 91.3 Å². The fourth-order valence-electron chi connectivity index (χ4n) is 1.54. The summed E-state index contributed by atoms with van der Waals surface area (Å²) >= 11 is 0. The van der Waals surface area contributed by atoms with Crippen LogP contribution in [0.3, 0.4) is 0 Å². The molecule has 3 heteroatoms. The fourth-order valence-corrected chi connectivity index (χ4v) is 1.54. The van der Waals surface area contributed by atoms with E-state index in [1.165, 1.54) is 12.8 Å². The monoisotopic (exact) mass is 208 g/mol. The third kappa shape index (κ3) is 3.06. The predicted molar refractivity (Wildman–Crippen MR) is 59.9 cm³/mol. The Hall–Kier alpha value is -0.830. The highest BCUT2D eigenvalue weighted by Crippen LogP contribution is 2.20. The van der Waals surface area contributed by atoms with Gasteiger partial charge < -0.3 is 9.73 Å². The molecule has 0 saturated heterocycles. The predicted octanol–water partition coefficient (Wildman–Crippen LogP) is 2.48. The first-order valence-corrected chi connectivity index (χ1v) is 5.97. The minimum Gasteiger partial charge on any atom is -0.445 e. The van der Waals surface area contributed by atoms with Gasteiger partial charge in [0, 0.05) is 24.9 Å². The van der Waals surface area contributed by atoms with E-state index < -0.39 is 0 Å². The maximum atomic E-state index is 5.69. The molecule has 1 saturated carbocycles. The van der Waals surface area contributed by atoms with Crippen molar-refractivity contribution in [3.05, 3.63) is 17.8 Å². The highest BCUT2D eigenvalue weighted by atomic mass is 16.4. The van der Waals surface area contributed by atoms with Gasteiger partial charge >= 0.3 is 0 Å². The van der Waals surface area contributed by atoms with Crippen molar-refractivity contribution in [2.45, 2.75) is 51.5 Å². The minimum atomic E-state index is 0.489. The van der Waals surface area contributed by atoms with Crippen LogP contribution in [0.5, 0.6) is 0 Å². The molecule has 1 aliphatic rings. The van der Waals surface area contributed by atoms with Gasteiger partial charge in [-0.2, -0.15) is 0 Å². The largest absolute Gasteiger partial charge is 0.445 e. The van der Waals surface area contributed by atoms with Gasteiger partial charge in [-0.3, -0.25) is 0 Å². The minimum absolute atomic E-state index is 0.489. The number of hydrogen-bond donors (Lipinski definition) is 1. The molecule has 0 aliphatic heterocycles. The van der Waals surface area contributed by atoms with Crippen LogP contribution in [0.2, 0.25) is 0 Å². The van der Waals surface area contributed by atoms with Crippen LogP contribution in [0.1, 0.15) is 50.7 Å². The van der Waals surface area contributed by atoms with Gasteiger partial charge in [0.15, 0.2) is 5.89 Å². The molecule has 1 unspecified atom stereocenters. The van der Waals surface area contributed by atoms with Crippen molar-refractivity contribution in [1.82, 2.24) is 10.3 Å². The average molecular weight is 208 g/mol. The molecular weight excluding hydrogens is 188 g/mol. The van der Waals surface area contributed by atoms with E-state index in [4.69, 9.17) is 4.42 Å². The van der Waals surface area contributed by atoms with E-state index in [1.54, 1.807) is 0 Å². The van der Waals surface area contributed by atoms with Crippen LogP contribution in [-0.4, -0.2) is 17.6 Å². The number of hydrogen-bond acceptors (Lipinski definition) is 3. The highest BCUT2D eigenvalue weighted by molar-refractivity contribution is 5.00. The van der Waals surface area contributed by atoms with Crippen molar-refractivity contribution in [1.29, 1.82) is 0 Å². The highest BCUT2D eigenvalue weighted by Gasteiger charge is 2.20. The third-order valence-electron chi connectivity index (χ3n) is 3.02. The maximum Gasteiger partial charge on any atom is 0.195 e. The van der Waals surface area contributed by atoms with Gasteiger partial charge in [-0.15, -0.1) is 0 Å². The lowest BCUT2D eigenvalue weighted by Gasteiger charge is -2.02. The molecule has 15 heavy (non-hydrogen) atoms. The standard InChI is InChI=1S/C12H20N2O/c1-3-9(2)11-8-14-12(15-11)6-7-13-10-4-5-10/h8-10,13H,3-7H2,1-2H3. The Balaban J connectivity index is 1.77. The average Bonchev–Trinajstić information content (AvgIpc) is 2.94. The number of nitrogens with one attached hydrogen (secondary N) is 1. The van der Waals surface area contributed by atoms with Crippen LogP contribution in [0, 0.1) is 0 Å². The molecular formula is C12H20N2O. The lowest BCUT2D eigenvalue weighted by atomic mass is 10.1. The quantitative estimate of drug-likeness (QED) is 0.780. The lowest BCUT2D eigenvalue weighted by Crippen LogP contribution is -2.19. The van der Waals surface area contributed by atoms with Gasteiger partial charge in [0.25, 0.3) is 0 Å². The summed E-state index contributed by atoms with van der Waals surface area (Å²) in [4.78, 5) is 4.30. The van der Waals surface area contributed by atoms with E-state index in [0.29, 0.717) is 5.92 Å². The summed E-state index contributed by atoms with van der Waals surface area (Å²) in [5.74, 6) is 2.39. The van der Waals surface area contributed by atoms with Crippen LogP contribution in [0.25, 0.3) is 0 Å². The zero-order chi connectivity index (χ0) is 10.7. The zero-order valence-electron chi connectivity index (χ0n) is 9.62. The molecule has 1 atom stereocenters. The normalized spacial score (nSPS) is 18.0. The molecule has 1 aromatic heterocycles. The molecule has 0 aromatic carbocycles. The molecule has 0 amide bonds. The number of rotatable bonds is 6. The molecule has 84 valence electrons. The van der Waals surface area contributed by atoms with Crippen molar-refractivity contribution in [3.63, 3.8) is 0 Å². The van der Waals surface area contributed by atoms with Crippen molar-refractivity contribution in [2.24, 2.45) is 0 Å². The fraction of sp³-hybridized carbons (Fsp3) is 0.750. The molecule has 2 rings (SSSR count). The lowest BCUT2D eigenvalue weighted by molar-refractivity contribution is 0.423. The maximum absolute atomic E-state index is 5.69. The van der Waals surface area contributed by atoms with Crippen LogP contribution in [0.15, 0.2) is 10.6 Å². The van der Waals surface area contributed by atoms with Crippen molar-refractivity contribution < 1.29 is 4.42 Å². The van der Waals surface area contributed by atoms with Gasteiger partial charge in [-0.1, -0.05) is 13.8 Å². The second kappa shape index (κ2) is 4.79. The Bertz CT molecular complexity index is 304. The first kappa shape index (κ1) is 10.7. The molecule has 1 fully saturated rings. The van der Waals surface area contributed by atoms with Gasteiger partial charge in [0.2, 0.25) is 0 Å². The Kier molecular flexibility index (Phi) is 3.41. The van der Waals surface area contributed by atoms with Gasteiger partial charge in [0.1, 0.15) is 5.76 Å². The molecule has 1 heterocycles. The van der Waals surface area contributed by atoms with Gasteiger partial charge in [-0.05, 0) is 19.3 Å². The second-order valence-corrected chi connectivity index (χ2v) is 4.44. The Morgan fingerprint density at radius 1 is 1.60 bits per heavy atom. The second-order valence-electron chi connectivity index (χ2n) is 4.44. The molecule has 0 bridgehead atoms. The number of oxazole rings is 1. The van der Waals surface area contributed by atoms with Crippen LogP contribution in [0.4, 0.5) is 0 Å². The Morgan fingerprint density at radius 3 is 3.07 bits per heavy atom. The van der Waals surface area contributed by atoms with E-state index in [1.807, 2.05) is 6.20 Å². The van der Waals surface area contributed by atoms with E-state index >= 15 is 0 Å². The summed E-state index contributed by atoms with van der Waals surface area (Å²) in [7, 11) is 0. The molecule has 3 nitrogen and oxygen atoms in total. The third-order valence-corrected chi connectivity index (χ3v) is 3.02. The smallest absolute Gasteiger partial charge is 0.195 e. The molecule has 1 aromatic rings. The molecule has 0 spiro atoms. The SMILES string of the molecule is CCC(C)c1cnc(CCNC2CC2)o1. The molecule has 1 aliphatic carbocycles. The topological polar surface area (TPSA) is 38.1 Å². The summed E-state index contributed by atoms with van der Waals surface area (Å²) in [6, 6.07) is 0.772. The van der Waals surface area contributed by atoms with Crippen molar-refractivity contribution >= 4 is 0 Å². The van der Waals surface area contributed by atoms with Crippen molar-refractivity contribution in [2.75, 3.05) is 6.54 Å². The van der Waals surface area contributed by atoms with E-state index in [-0.39, 0.29) is 0 Å². The Morgan fingerprint density at radius 2 is 2.40 bits per heavy atom. The molecule has 0 radical (unpaired) electrons. The first-order valence-electron chi connectivity index (χ1n) is 5.97. The van der Waals surface area contributed by atoms with E-state index in [9.17, 15) is 0 Å². The van der Waals surface area contributed by atoms with Gasteiger partial charge in [-0.25, -0.2) is 4.98 Å². The zero-order valence-corrected chi connectivity index (χ0v) is 9.62. The van der Waals surface area contributed by atoms with Crippen molar-refractivity contribution in [3.8, 4) is 0 Å². The van der Waals surface area contributed by atoms with Crippen LogP contribution < -0.4 is 5.32 Å². The summed E-state index contributed by atoms with van der Waals surface area (Å²) in [5.41, 5.74) is 0. The number of nitrogens with zero attached hydrogens (tertiary/aromatic N) is 1. The summed E-state index contributed by atoms with van der Waals surface area (Å²) in [6.45, 7) is 5.33. The van der Waals surface area contributed by atoms with E-state index in [2.05, 4.69) is 24.1 Å². The summed E-state index contributed by atoms with van der Waals surface area (Å²) in [5, 5.41) is 3.46. The van der Waals surface area contributed by atoms with Gasteiger partial charge in [0.05, 0.1) is 6.20 Å². The van der Waals surface area contributed by atoms with Crippen LogP contribution >= 0.6 is 0 Å². The summed E-state index contributed by atoms with van der Waals surface area (Å²) < 4.78 is 5.69. The first-order chi connectivity index (χ1) is 7.29.